The van der Waals surface area contributed by atoms with Crippen molar-refractivity contribution in [3.63, 3.8) is 0 Å². The van der Waals surface area contributed by atoms with Crippen LogP contribution in [0.3, 0.4) is 0 Å². The second kappa shape index (κ2) is 6.60. The van der Waals surface area contributed by atoms with E-state index in [1.54, 1.807) is 0 Å². The molecule has 2 aliphatic heterocycles. The first-order valence-corrected chi connectivity index (χ1v) is 8.37. The second-order valence-electron chi connectivity index (χ2n) is 5.62. The molecule has 1 atom stereocenters. The Kier molecular flexibility index (Phi) is 4.72. The third-order valence-corrected chi connectivity index (χ3v) is 4.99. The first kappa shape index (κ1) is 16.4. The summed E-state index contributed by atoms with van der Waals surface area (Å²) in [7, 11) is 0. The van der Waals surface area contributed by atoms with Crippen LogP contribution in [-0.4, -0.2) is 59.6 Å². The highest BCUT2D eigenvalue weighted by Crippen LogP contribution is 2.34. The number of rotatable bonds is 4. The van der Waals surface area contributed by atoms with E-state index in [2.05, 4.69) is 27.2 Å². The van der Waals surface area contributed by atoms with E-state index in [0.29, 0.717) is 29.6 Å². The maximum atomic E-state index is 12.6. The molecule has 0 radical (unpaired) electrons. The second-order valence-corrected chi connectivity index (χ2v) is 6.57. The minimum atomic E-state index is -4.42. The van der Waals surface area contributed by atoms with Crippen LogP contribution in [0.5, 0.6) is 0 Å². The molecule has 10 heteroatoms. The van der Waals surface area contributed by atoms with Crippen molar-refractivity contribution in [3.8, 4) is 0 Å². The zero-order chi connectivity index (χ0) is 16.4. The Morgan fingerprint density at radius 1 is 1.22 bits per heavy atom. The number of anilines is 1. The van der Waals surface area contributed by atoms with E-state index in [1.165, 1.54) is 0 Å². The summed E-state index contributed by atoms with van der Waals surface area (Å²) in [6.07, 6.45) is -2.56. The Morgan fingerprint density at radius 2 is 1.96 bits per heavy atom. The van der Waals surface area contributed by atoms with Crippen molar-refractivity contribution in [2.45, 2.75) is 32.0 Å². The van der Waals surface area contributed by atoms with Crippen LogP contribution in [0.15, 0.2) is 5.16 Å². The Labute approximate surface area is 135 Å². The van der Waals surface area contributed by atoms with Crippen molar-refractivity contribution in [1.29, 1.82) is 0 Å². The first-order chi connectivity index (χ1) is 11.0. The highest BCUT2D eigenvalue weighted by molar-refractivity contribution is 7.15. The highest BCUT2D eigenvalue weighted by atomic mass is 32.1. The Bertz CT molecular complexity index is 568. The van der Waals surface area contributed by atoms with Crippen molar-refractivity contribution in [3.05, 3.63) is 5.01 Å². The molecule has 0 saturated carbocycles. The van der Waals surface area contributed by atoms with Gasteiger partial charge in [0, 0.05) is 39.1 Å². The lowest BCUT2D eigenvalue weighted by molar-refractivity contribution is -0.138. The lowest BCUT2D eigenvalue weighted by Gasteiger charge is -2.34. The molecule has 0 N–H and O–H groups in total. The summed E-state index contributed by atoms with van der Waals surface area (Å²) in [5, 5.41) is 10.4. The summed E-state index contributed by atoms with van der Waals surface area (Å²) >= 11 is 0.601. The molecule has 1 saturated heterocycles. The summed E-state index contributed by atoms with van der Waals surface area (Å²) in [4.78, 5) is 9.50. The van der Waals surface area contributed by atoms with Crippen LogP contribution in [0, 0.1) is 0 Å². The standard InChI is InChI=1S/C13H18F3N5OS/c1-2-9-7-10(22-19-9)8-20-3-5-21(6-4-20)12-18-17-11(23-12)13(14,15)16/h10H,2-8H2,1H3. The van der Waals surface area contributed by atoms with Crippen LogP contribution < -0.4 is 4.90 Å². The molecule has 1 aromatic heterocycles. The maximum absolute atomic E-state index is 12.6. The van der Waals surface area contributed by atoms with Crippen LogP contribution in [0.4, 0.5) is 18.3 Å². The van der Waals surface area contributed by atoms with Gasteiger partial charge in [-0.1, -0.05) is 23.4 Å². The van der Waals surface area contributed by atoms with Gasteiger partial charge in [0.1, 0.15) is 6.10 Å². The summed E-state index contributed by atoms with van der Waals surface area (Å²) in [6, 6.07) is 0. The number of halogens is 3. The van der Waals surface area contributed by atoms with Gasteiger partial charge >= 0.3 is 6.18 Å². The smallest absolute Gasteiger partial charge is 0.391 e. The fraction of sp³-hybridized carbons (Fsp3) is 0.769. The predicted molar refractivity (Wildman–Crippen MR) is 80.8 cm³/mol. The molecule has 1 aromatic rings. The number of alkyl halides is 3. The monoisotopic (exact) mass is 349 g/mol. The molecule has 0 aromatic carbocycles. The third-order valence-electron chi connectivity index (χ3n) is 3.96. The fourth-order valence-electron chi connectivity index (χ4n) is 2.66. The van der Waals surface area contributed by atoms with Crippen LogP contribution in [-0.2, 0) is 11.0 Å². The van der Waals surface area contributed by atoms with Crippen molar-refractivity contribution in [2.75, 3.05) is 37.6 Å². The average Bonchev–Trinajstić information content (AvgIpc) is 3.16. The van der Waals surface area contributed by atoms with Crippen molar-refractivity contribution in [1.82, 2.24) is 15.1 Å². The number of oxime groups is 1. The van der Waals surface area contributed by atoms with E-state index < -0.39 is 11.2 Å². The van der Waals surface area contributed by atoms with Gasteiger partial charge in [0.25, 0.3) is 0 Å². The van der Waals surface area contributed by atoms with Crippen molar-refractivity contribution in [2.24, 2.45) is 5.16 Å². The molecule has 0 bridgehead atoms. The molecule has 1 unspecified atom stereocenters. The first-order valence-electron chi connectivity index (χ1n) is 7.55. The number of aromatic nitrogens is 2. The Balaban J connectivity index is 1.48. The molecule has 3 heterocycles. The average molecular weight is 349 g/mol. The molecular formula is C13H18F3N5OS. The van der Waals surface area contributed by atoms with Gasteiger partial charge in [-0.2, -0.15) is 13.2 Å². The molecule has 0 spiro atoms. The number of hydrogen-bond acceptors (Lipinski definition) is 7. The van der Waals surface area contributed by atoms with E-state index in [1.807, 2.05) is 4.90 Å². The largest absolute Gasteiger partial charge is 0.445 e. The van der Waals surface area contributed by atoms with Crippen molar-refractivity contribution >= 4 is 22.2 Å². The topological polar surface area (TPSA) is 53.9 Å². The van der Waals surface area contributed by atoms with E-state index in [9.17, 15) is 13.2 Å². The molecule has 0 amide bonds. The predicted octanol–water partition coefficient (Wildman–Crippen LogP) is 2.23. The SMILES string of the molecule is CCC1=NOC(CN2CCN(c3nnc(C(F)(F)F)s3)CC2)C1. The third kappa shape index (κ3) is 3.92. The highest BCUT2D eigenvalue weighted by Gasteiger charge is 2.36. The minimum Gasteiger partial charge on any atom is -0.391 e. The van der Waals surface area contributed by atoms with E-state index in [4.69, 9.17) is 4.84 Å². The number of piperazine rings is 1. The maximum Gasteiger partial charge on any atom is 0.445 e. The van der Waals surface area contributed by atoms with Crippen LogP contribution >= 0.6 is 11.3 Å². The molecule has 3 rings (SSSR count). The summed E-state index contributed by atoms with van der Waals surface area (Å²) in [5.41, 5.74) is 1.09. The lowest BCUT2D eigenvalue weighted by Crippen LogP contribution is -2.48. The van der Waals surface area contributed by atoms with Crippen LogP contribution in [0.1, 0.15) is 24.8 Å². The molecule has 1 fully saturated rings. The lowest BCUT2D eigenvalue weighted by atomic mass is 10.1. The Morgan fingerprint density at radius 3 is 2.52 bits per heavy atom. The number of nitrogens with zero attached hydrogens (tertiary/aromatic N) is 5. The summed E-state index contributed by atoms with van der Waals surface area (Å²) in [5.74, 6) is 0. The summed E-state index contributed by atoms with van der Waals surface area (Å²) < 4.78 is 37.7. The van der Waals surface area contributed by atoms with Gasteiger partial charge < -0.3 is 9.74 Å². The van der Waals surface area contributed by atoms with Crippen LogP contribution in [0.25, 0.3) is 0 Å². The molecule has 6 nitrogen and oxygen atoms in total. The minimum absolute atomic E-state index is 0.0925. The van der Waals surface area contributed by atoms with Gasteiger partial charge in [-0.3, -0.25) is 4.90 Å². The van der Waals surface area contributed by atoms with Crippen LogP contribution in [0.2, 0.25) is 0 Å². The van der Waals surface area contributed by atoms with Gasteiger partial charge in [0.05, 0.1) is 5.71 Å². The summed E-state index contributed by atoms with van der Waals surface area (Å²) in [6.45, 7) is 5.66. The van der Waals surface area contributed by atoms with Gasteiger partial charge in [-0.05, 0) is 6.42 Å². The zero-order valence-electron chi connectivity index (χ0n) is 12.7. The molecule has 128 valence electrons. The molecule has 23 heavy (non-hydrogen) atoms. The van der Waals surface area contributed by atoms with Gasteiger partial charge in [0.15, 0.2) is 0 Å². The molecular weight excluding hydrogens is 331 g/mol. The van der Waals surface area contributed by atoms with Gasteiger partial charge in [0.2, 0.25) is 10.1 Å². The zero-order valence-corrected chi connectivity index (χ0v) is 13.5. The normalized spacial score (nSPS) is 23.0. The van der Waals surface area contributed by atoms with Gasteiger partial charge in [-0.15, -0.1) is 10.2 Å². The Hall–Kier alpha value is -1.42. The quantitative estimate of drug-likeness (QED) is 0.834. The molecule has 2 aliphatic rings. The van der Waals surface area contributed by atoms with E-state index in [-0.39, 0.29) is 6.10 Å². The fourth-order valence-corrected chi connectivity index (χ4v) is 3.42. The van der Waals surface area contributed by atoms with Crippen molar-refractivity contribution < 1.29 is 18.0 Å². The van der Waals surface area contributed by atoms with Gasteiger partial charge in [-0.25, -0.2) is 0 Å². The number of hydrogen-bond donors (Lipinski definition) is 0. The van der Waals surface area contributed by atoms with E-state index >= 15 is 0 Å². The van der Waals surface area contributed by atoms with E-state index in [0.717, 1.165) is 38.2 Å². The molecule has 0 aliphatic carbocycles.